The van der Waals surface area contributed by atoms with Gasteiger partial charge in [0.25, 0.3) is 0 Å². The molecule has 1 aromatic carbocycles. The van der Waals surface area contributed by atoms with E-state index in [1.807, 2.05) is 0 Å². The van der Waals surface area contributed by atoms with E-state index in [4.69, 9.17) is 0 Å². The summed E-state index contributed by atoms with van der Waals surface area (Å²) in [4.78, 5) is 2.56. The molecule has 0 atom stereocenters. The second-order valence-electron chi connectivity index (χ2n) is 7.00. The van der Waals surface area contributed by atoms with Crippen molar-refractivity contribution in [3.05, 3.63) is 28.2 Å². The fraction of sp³-hybridized carbons (Fsp3) is 0.647. The highest BCUT2D eigenvalue weighted by Crippen LogP contribution is 2.34. The van der Waals surface area contributed by atoms with Crippen LogP contribution in [0.25, 0.3) is 0 Å². The molecule has 1 heterocycles. The number of piperidine rings is 1. The minimum Gasteiger partial charge on any atom is -0.371 e. The summed E-state index contributed by atoms with van der Waals surface area (Å²) in [7, 11) is 0. The number of hydrogen-bond donors (Lipinski definition) is 1. The average Bonchev–Trinajstić information content (AvgIpc) is 2.36. The van der Waals surface area contributed by atoms with Crippen LogP contribution in [0.5, 0.6) is 0 Å². The zero-order valence-electron chi connectivity index (χ0n) is 13.2. The topological polar surface area (TPSA) is 15.3 Å². The lowest BCUT2D eigenvalue weighted by molar-refractivity contribution is 0.292. The molecule has 0 unspecified atom stereocenters. The molecule has 2 rings (SSSR count). The van der Waals surface area contributed by atoms with Crippen LogP contribution in [0.4, 0.5) is 5.69 Å². The van der Waals surface area contributed by atoms with Gasteiger partial charge in [0.2, 0.25) is 0 Å². The molecule has 0 radical (unpaired) electrons. The van der Waals surface area contributed by atoms with Crippen molar-refractivity contribution in [1.82, 2.24) is 5.32 Å². The molecule has 1 aliphatic rings. The molecule has 0 spiro atoms. The van der Waals surface area contributed by atoms with Crippen LogP contribution >= 0.6 is 15.9 Å². The maximum absolute atomic E-state index is 3.62. The van der Waals surface area contributed by atoms with E-state index in [2.05, 4.69) is 72.0 Å². The molecule has 0 saturated carbocycles. The van der Waals surface area contributed by atoms with Crippen molar-refractivity contribution in [1.29, 1.82) is 0 Å². The van der Waals surface area contributed by atoms with E-state index in [1.54, 1.807) is 0 Å². The first-order valence-electron chi connectivity index (χ1n) is 7.64. The van der Waals surface area contributed by atoms with Crippen LogP contribution in [0.3, 0.4) is 0 Å². The van der Waals surface area contributed by atoms with Gasteiger partial charge in [-0.15, -0.1) is 0 Å². The van der Waals surface area contributed by atoms with Crippen molar-refractivity contribution in [2.45, 2.75) is 53.1 Å². The van der Waals surface area contributed by atoms with Gasteiger partial charge in [-0.25, -0.2) is 0 Å². The van der Waals surface area contributed by atoms with Gasteiger partial charge >= 0.3 is 0 Å². The average molecular weight is 339 g/mol. The Hall–Kier alpha value is -0.540. The summed E-state index contributed by atoms with van der Waals surface area (Å²) in [5.74, 6) is 0. The van der Waals surface area contributed by atoms with Gasteiger partial charge in [0.1, 0.15) is 0 Å². The van der Waals surface area contributed by atoms with E-state index in [1.165, 1.54) is 35.1 Å². The highest BCUT2D eigenvalue weighted by Gasteiger charge is 2.27. The van der Waals surface area contributed by atoms with E-state index in [0.717, 1.165) is 13.1 Å². The Bertz CT molecular complexity index is 454. The maximum atomic E-state index is 3.62. The zero-order chi connectivity index (χ0) is 14.8. The minimum absolute atomic E-state index is 0.420. The van der Waals surface area contributed by atoms with E-state index in [9.17, 15) is 0 Å². The second kappa shape index (κ2) is 6.48. The Morgan fingerprint density at radius 1 is 1.35 bits per heavy atom. The Morgan fingerprint density at radius 2 is 2.10 bits per heavy atom. The number of nitrogens with one attached hydrogen (secondary N) is 1. The lowest BCUT2D eigenvalue weighted by Gasteiger charge is -2.40. The number of benzene rings is 1. The van der Waals surface area contributed by atoms with E-state index >= 15 is 0 Å². The molecule has 1 aliphatic heterocycles. The van der Waals surface area contributed by atoms with Gasteiger partial charge in [-0.05, 0) is 36.0 Å². The third-order valence-corrected chi connectivity index (χ3v) is 4.48. The third kappa shape index (κ3) is 4.23. The first kappa shape index (κ1) is 15.8. The molecular weight excluding hydrogens is 312 g/mol. The number of halogens is 1. The fourth-order valence-corrected chi connectivity index (χ4v) is 3.27. The zero-order valence-corrected chi connectivity index (χ0v) is 14.8. The van der Waals surface area contributed by atoms with Crippen LogP contribution < -0.4 is 10.2 Å². The lowest BCUT2D eigenvalue weighted by Crippen LogP contribution is -2.40. The Morgan fingerprint density at radius 3 is 2.75 bits per heavy atom. The molecule has 0 aliphatic carbocycles. The Balaban J connectivity index is 2.22. The van der Waals surface area contributed by atoms with Crippen LogP contribution in [-0.2, 0) is 6.54 Å². The SMILES string of the molecule is CC(C)NCc1ccc(Br)cc1N1CCCC(C)(C)C1. The molecule has 1 fully saturated rings. The van der Waals surface area contributed by atoms with E-state index < -0.39 is 0 Å². The lowest BCUT2D eigenvalue weighted by atomic mass is 9.84. The summed E-state index contributed by atoms with van der Waals surface area (Å²) in [6.07, 6.45) is 2.62. The van der Waals surface area contributed by atoms with Crippen molar-refractivity contribution >= 4 is 21.6 Å². The highest BCUT2D eigenvalue weighted by atomic mass is 79.9. The smallest absolute Gasteiger partial charge is 0.0423 e. The van der Waals surface area contributed by atoms with Gasteiger partial charge in [0.05, 0.1) is 0 Å². The van der Waals surface area contributed by atoms with Crippen LogP contribution in [0.1, 0.15) is 46.1 Å². The summed E-state index contributed by atoms with van der Waals surface area (Å²) < 4.78 is 1.17. The van der Waals surface area contributed by atoms with Crippen LogP contribution in [0, 0.1) is 5.41 Å². The van der Waals surface area contributed by atoms with Crippen molar-refractivity contribution in [2.75, 3.05) is 18.0 Å². The summed E-state index contributed by atoms with van der Waals surface area (Å²) in [6.45, 7) is 12.4. The molecule has 1 aromatic rings. The van der Waals surface area contributed by atoms with Gasteiger partial charge in [0.15, 0.2) is 0 Å². The molecule has 20 heavy (non-hydrogen) atoms. The van der Waals surface area contributed by atoms with Crippen molar-refractivity contribution in [3.63, 3.8) is 0 Å². The summed E-state index contributed by atoms with van der Waals surface area (Å²) in [5, 5.41) is 3.54. The first-order chi connectivity index (χ1) is 9.37. The van der Waals surface area contributed by atoms with Gasteiger partial charge in [-0.2, -0.15) is 0 Å². The standard InChI is InChI=1S/C17H27BrN2/c1-13(2)19-11-14-6-7-15(18)10-16(14)20-9-5-8-17(3,4)12-20/h6-7,10,13,19H,5,8-9,11-12H2,1-4H3. The van der Waals surface area contributed by atoms with Crippen molar-refractivity contribution < 1.29 is 0 Å². The van der Waals surface area contributed by atoms with E-state index in [-0.39, 0.29) is 0 Å². The van der Waals surface area contributed by atoms with Crippen LogP contribution in [0.2, 0.25) is 0 Å². The van der Waals surface area contributed by atoms with Gasteiger partial charge in [0, 0.05) is 35.8 Å². The third-order valence-electron chi connectivity index (χ3n) is 3.99. The largest absolute Gasteiger partial charge is 0.371 e. The van der Waals surface area contributed by atoms with Crippen molar-refractivity contribution in [2.24, 2.45) is 5.41 Å². The minimum atomic E-state index is 0.420. The predicted molar refractivity (Wildman–Crippen MR) is 91.3 cm³/mol. The number of anilines is 1. The first-order valence-corrected chi connectivity index (χ1v) is 8.43. The predicted octanol–water partition coefficient (Wildman–Crippen LogP) is 4.57. The molecule has 0 aromatic heterocycles. The Labute approximate surface area is 132 Å². The monoisotopic (exact) mass is 338 g/mol. The van der Waals surface area contributed by atoms with Gasteiger partial charge in [-0.1, -0.05) is 49.7 Å². The molecule has 3 heteroatoms. The molecule has 112 valence electrons. The number of nitrogens with zero attached hydrogens (tertiary/aromatic N) is 1. The summed E-state index contributed by atoms with van der Waals surface area (Å²) in [5.41, 5.74) is 3.21. The summed E-state index contributed by atoms with van der Waals surface area (Å²) >= 11 is 3.62. The van der Waals surface area contributed by atoms with Gasteiger partial charge in [-0.3, -0.25) is 0 Å². The fourth-order valence-electron chi connectivity index (χ4n) is 2.92. The maximum Gasteiger partial charge on any atom is 0.0423 e. The molecule has 0 amide bonds. The molecule has 0 bridgehead atoms. The molecule has 1 saturated heterocycles. The molecule has 2 nitrogen and oxygen atoms in total. The van der Waals surface area contributed by atoms with Crippen LogP contribution in [-0.4, -0.2) is 19.1 Å². The number of hydrogen-bond acceptors (Lipinski definition) is 2. The molecule has 1 N–H and O–H groups in total. The Kier molecular flexibility index (Phi) is 5.14. The highest BCUT2D eigenvalue weighted by molar-refractivity contribution is 9.10. The number of rotatable bonds is 4. The molecular formula is C17H27BrN2. The van der Waals surface area contributed by atoms with Gasteiger partial charge < -0.3 is 10.2 Å². The van der Waals surface area contributed by atoms with Crippen LogP contribution in [0.15, 0.2) is 22.7 Å². The van der Waals surface area contributed by atoms with Crippen molar-refractivity contribution in [3.8, 4) is 0 Å². The van der Waals surface area contributed by atoms with E-state index in [0.29, 0.717) is 11.5 Å². The second-order valence-corrected chi connectivity index (χ2v) is 7.91. The quantitative estimate of drug-likeness (QED) is 0.864. The normalized spacial score (nSPS) is 18.6. The summed E-state index contributed by atoms with van der Waals surface area (Å²) in [6, 6.07) is 7.19.